The SMILES string of the molecule is CC(C)(C)C(O)CNS(=O)(=O)c1ccc(Cl)cc1. The van der Waals surface area contributed by atoms with Crippen molar-refractivity contribution >= 4 is 21.6 Å². The fraction of sp³-hybridized carbons (Fsp3) is 0.500. The molecule has 1 aromatic carbocycles. The zero-order chi connectivity index (χ0) is 14.0. The summed E-state index contributed by atoms with van der Waals surface area (Å²) in [5.74, 6) is 0. The summed E-state index contributed by atoms with van der Waals surface area (Å²) >= 11 is 5.69. The molecule has 0 saturated carbocycles. The highest BCUT2D eigenvalue weighted by molar-refractivity contribution is 7.89. The molecular formula is C12H18ClNO3S. The van der Waals surface area contributed by atoms with Crippen molar-refractivity contribution in [1.29, 1.82) is 0 Å². The molecule has 18 heavy (non-hydrogen) atoms. The van der Waals surface area contributed by atoms with Crippen LogP contribution in [0.15, 0.2) is 29.2 Å². The summed E-state index contributed by atoms with van der Waals surface area (Å²) in [6, 6.07) is 5.87. The van der Waals surface area contributed by atoms with Crippen molar-refractivity contribution in [2.45, 2.75) is 31.8 Å². The molecule has 6 heteroatoms. The van der Waals surface area contributed by atoms with Gasteiger partial charge in [0.2, 0.25) is 10.0 Å². The molecule has 0 spiro atoms. The van der Waals surface area contributed by atoms with Crippen LogP contribution in [0.4, 0.5) is 0 Å². The van der Waals surface area contributed by atoms with E-state index in [0.717, 1.165) is 0 Å². The Kier molecular flexibility index (Phi) is 4.78. The van der Waals surface area contributed by atoms with Gasteiger partial charge in [0.25, 0.3) is 0 Å². The number of halogens is 1. The maximum atomic E-state index is 11.9. The Labute approximate surface area is 113 Å². The topological polar surface area (TPSA) is 66.4 Å². The van der Waals surface area contributed by atoms with Crippen molar-refractivity contribution in [3.8, 4) is 0 Å². The van der Waals surface area contributed by atoms with E-state index in [-0.39, 0.29) is 16.9 Å². The highest BCUT2D eigenvalue weighted by Gasteiger charge is 2.24. The quantitative estimate of drug-likeness (QED) is 0.892. The van der Waals surface area contributed by atoms with Gasteiger partial charge in [0.05, 0.1) is 11.0 Å². The molecule has 0 aliphatic heterocycles. The Morgan fingerprint density at radius 2 is 1.78 bits per heavy atom. The molecule has 2 N–H and O–H groups in total. The molecule has 0 bridgehead atoms. The van der Waals surface area contributed by atoms with Crippen LogP contribution in [0.1, 0.15) is 20.8 Å². The Hall–Kier alpha value is -0.620. The summed E-state index contributed by atoms with van der Waals surface area (Å²) in [4.78, 5) is 0.132. The zero-order valence-corrected chi connectivity index (χ0v) is 12.2. The Morgan fingerprint density at radius 1 is 1.28 bits per heavy atom. The minimum atomic E-state index is -3.60. The number of sulfonamides is 1. The van der Waals surface area contributed by atoms with Crippen molar-refractivity contribution in [1.82, 2.24) is 4.72 Å². The first-order valence-electron chi connectivity index (χ1n) is 5.56. The summed E-state index contributed by atoms with van der Waals surface area (Å²) in [5, 5.41) is 10.3. The van der Waals surface area contributed by atoms with Gasteiger partial charge in [-0.25, -0.2) is 13.1 Å². The second kappa shape index (κ2) is 5.57. The van der Waals surface area contributed by atoms with Gasteiger partial charge < -0.3 is 5.11 Å². The number of aliphatic hydroxyl groups is 1. The van der Waals surface area contributed by atoms with Gasteiger partial charge >= 0.3 is 0 Å². The van der Waals surface area contributed by atoms with E-state index in [2.05, 4.69) is 4.72 Å². The highest BCUT2D eigenvalue weighted by Crippen LogP contribution is 2.19. The third kappa shape index (κ3) is 4.24. The third-order valence-electron chi connectivity index (χ3n) is 2.59. The second-order valence-corrected chi connectivity index (χ2v) is 7.39. The molecule has 102 valence electrons. The molecule has 0 aromatic heterocycles. The summed E-state index contributed by atoms with van der Waals surface area (Å²) in [6.45, 7) is 5.51. The normalized spacial score (nSPS) is 14.5. The van der Waals surface area contributed by atoms with E-state index in [1.807, 2.05) is 20.8 Å². The van der Waals surface area contributed by atoms with Gasteiger partial charge in [-0.2, -0.15) is 0 Å². The van der Waals surface area contributed by atoms with Crippen molar-refractivity contribution in [3.05, 3.63) is 29.3 Å². The standard InChI is InChI=1S/C12H18ClNO3S/c1-12(2,3)11(15)8-14-18(16,17)10-6-4-9(13)5-7-10/h4-7,11,14-15H,8H2,1-3H3. The van der Waals surface area contributed by atoms with E-state index in [9.17, 15) is 13.5 Å². The summed E-state index contributed by atoms with van der Waals surface area (Å²) in [5.41, 5.74) is -0.373. The molecule has 0 fully saturated rings. The fourth-order valence-corrected chi connectivity index (χ4v) is 2.36. The van der Waals surface area contributed by atoms with Gasteiger partial charge in [0, 0.05) is 11.6 Å². The number of hydrogen-bond donors (Lipinski definition) is 2. The molecular weight excluding hydrogens is 274 g/mol. The van der Waals surface area contributed by atoms with Crippen LogP contribution < -0.4 is 4.72 Å². The summed E-state index contributed by atoms with van der Waals surface area (Å²) < 4.78 is 26.2. The predicted octanol–water partition coefficient (Wildman–Crippen LogP) is 2.03. The molecule has 1 rings (SSSR count). The predicted molar refractivity (Wildman–Crippen MR) is 72.1 cm³/mol. The first kappa shape index (κ1) is 15.4. The molecule has 0 amide bonds. The van der Waals surface area contributed by atoms with Crippen LogP contribution in [0, 0.1) is 5.41 Å². The minimum absolute atomic E-state index is 0.0194. The Balaban J connectivity index is 2.75. The number of hydrogen-bond acceptors (Lipinski definition) is 3. The van der Waals surface area contributed by atoms with Gasteiger partial charge in [-0.1, -0.05) is 32.4 Å². The van der Waals surface area contributed by atoms with E-state index in [0.29, 0.717) is 5.02 Å². The maximum Gasteiger partial charge on any atom is 0.240 e. The Morgan fingerprint density at radius 3 is 2.22 bits per heavy atom. The van der Waals surface area contributed by atoms with E-state index < -0.39 is 16.1 Å². The molecule has 0 aliphatic rings. The Bertz CT molecular complexity index is 491. The fourth-order valence-electron chi connectivity index (χ4n) is 1.19. The molecule has 0 heterocycles. The van der Waals surface area contributed by atoms with Crippen LogP contribution in [-0.4, -0.2) is 26.2 Å². The summed E-state index contributed by atoms with van der Waals surface area (Å²) in [6.07, 6.45) is -0.750. The van der Waals surface area contributed by atoms with Crippen LogP contribution in [0.3, 0.4) is 0 Å². The lowest BCUT2D eigenvalue weighted by Crippen LogP contribution is -2.39. The van der Waals surface area contributed by atoms with Crippen LogP contribution in [0.2, 0.25) is 5.02 Å². The number of rotatable bonds is 4. The molecule has 1 unspecified atom stereocenters. The maximum absolute atomic E-state index is 11.9. The molecule has 1 atom stereocenters. The van der Waals surface area contributed by atoms with E-state index >= 15 is 0 Å². The number of aliphatic hydroxyl groups excluding tert-OH is 1. The van der Waals surface area contributed by atoms with Crippen molar-refractivity contribution in [2.75, 3.05) is 6.54 Å². The number of nitrogens with one attached hydrogen (secondary N) is 1. The largest absolute Gasteiger partial charge is 0.391 e. The first-order chi connectivity index (χ1) is 8.13. The number of benzene rings is 1. The molecule has 4 nitrogen and oxygen atoms in total. The summed E-state index contributed by atoms with van der Waals surface area (Å²) in [7, 11) is -3.60. The monoisotopic (exact) mass is 291 g/mol. The third-order valence-corrected chi connectivity index (χ3v) is 4.28. The van der Waals surface area contributed by atoms with Crippen molar-refractivity contribution in [2.24, 2.45) is 5.41 Å². The van der Waals surface area contributed by atoms with Crippen LogP contribution in [0.5, 0.6) is 0 Å². The lowest BCUT2D eigenvalue weighted by Gasteiger charge is -2.25. The average Bonchev–Trinajstić information content (AvgIpc) is 2.25. The van der Waals surface area contributed by atoms with Crippen molar-refractivity contribution in [3.63, 3.8) is 0 Å². The molecule has 0 radical (unpaired) electrons. The van der Waals surface area contributed by atoms with Crippen LogP contribution >= 0.6 is 11.6 Å². The van der Waals surface area contributed by atoms with E-state index in [4.69, 9.17) is 11.6 Å². The lowest BCUT2D eigenvalue weighted by molar-refractivity contribution is 0.0677. The van der Waals surface area contributed by atoms with Gasteiger partial charge in [-0.15, -0.1) is 0 Å². The van der Waals surface area contributed by atoms with Gasteiger partial charge in [0.15, 0.2) is 0 Å². The second-order valence-electron chi connectivity index (χ2n) is 5.19. The molecule has 0 aliphatic carbocycles. The van der Waals surface area contributed by atoms with Crippen LogP contribution in [0.25, 0.3) is 0 Å². The zero-order valence-electron chi connectivity index (χ0n) is 10.6. The highest BCUT2D eigenvalue weighted by atomic mass is 35.5. The van der Waals surface area contributed by atoms with Crippen molar-refractivity contribution < 1.29 is 13.5 Å². The first-order valence-corrected chi connectivity index (χ1v) is 7.42. The van der Waals surface area contributed by atoms with E-state index in [1.165, 1.54) is 24.3 Å². The molecule has 1 aromatic rings. The smallest absolute Gasteiger partial charge is 0.240 e. The minimum Gasteiger partial charge on any atom is -0.391 e. The molecule has 0 saturated heterocycles. The van der Waals surface area contributed by atoms with Gasteiger partial charge in [0.1, 0.15) is 0 Å². The lowest BCUT2D eigenvalue weighted by atomic mass is 9.89. The average molecular weight is 292 g/mol. The van der Waals surface area contributed by atoms with Gasteiger partial charge in [-0.3, -0.25) is 0 Å². The van der Waals surface area contributed by atoms with Gasteiger partial charge in [-0.05, 0) is 29.7 Å². The van der Waals surface area contributed by atoms with Crippen LogP contribution in [-0.2, 0) is 10.0 Å². The van der Waals surface area contributed by atoms with E-state index in [1.54, 1.807) is 0 Å².